The van der Waals surface area contributed by atoms with Gasteiger partial charge in [-0.2, -0.15) is 0 Å². The Morgan fingerprint density at radius 3 is 2.12 bits per heavy atom. The van der Waals surface area contributed by atoms with Gasteiger partial charge in [-0.3, -0.25) is 4.57 Å². The van der Waals surface area contributed by atoms with Crippen LogP contribution in [0.4, 0.5) is 0 Å². The highest BCUT2D eigenvalue weighted by atomic mass is 79.9. The predicted molar refractivity (Wildman–Crippen MR) is 106 cm³/mol. The fourth-order valence-corrected chi connectivity index (χ4v) is 3.31. The molecule has 0 unspecified atom stereocenters. The minimum absolute atomic E-state index is 0.103. The van der Waals surface area contributed by atoms with E-state index in [2.05, 4.69) is 103 Å². The lowest BCUT2D eigenvalue weighted by Crippen LogP contribution is -2.12. The number of fused-ring (bicyclic) bond motifs is 1. The van der Waals surface area contributed by atoms with Gasteiger partial charge in [0.15, 0.2) is 0 Å². The number of rotatable bonds is 1. The van der Waals surface area contributed by atoms with Gasteiger partial charge in [0.25, 0.3) is 0 Å². The molecule has 3 aromatic rings. The van der Waals surface area contributed by atoms with Gasteiger partial charge < -0.3 is 0 Å². The average molecular weight is 385 g/mol. The monoisotopic (exact) mass is 384 g/mol. The zero-order valence-corrected chi connectivity index (χ0v) is 16.9. The molecule has 0 fully saturated rings. The van der Waals surface area contributed by atoms with Gasteiger partial charge in [-0.15, -0.1) is 0 Å². The minimum Gasteiger partial charge on any atom is -0.299 e. The second-order valence-electron chi connectivity index (χ2n) is 8.52. The number of hydrogen-bond donors (Lipinski definition) is 0. The van der Waals surface area contributed by atoms with E-state index in [9.17, 15) is 0 Å². The van der Waals surface area contributed by atoms with E-state index in [-0.39, 0.29) is 10.8 Å². The third kappa shape index (κ3) is 3.27. The minimum atomic E-state index is 0.103. The molecule has 24 heavy (non-hydrogen) atoms. The predicted octanol–water partition coefficient (Wildman–Crippen LogP) is 6.38. The van der Waals surface area contributed by atoms with Crippen LogP contribution in [0.2, 0.25) is 0 Å². The summed E-state index contributed by atoms with van der Waals surface area (Å²) in [6.07, 6.45) is 1.92. The smallest absolute Gasteiger partial charge is 0.100 e. The van der Waals surface area contributed by atoms with Crippen molar-refractivity contribution in [2.24, 2.45) is 0 Å². The summed E-state index contributed by atoms with van der Waals surface area (Å²) in [5.74, 6) is 0. The molecule has 0 amide bonds. The quantitative estimate of drug-likeness (QED) is 0.475. The molecule has 0 bridgehead atoms. The van der Waals surface area contributed by atoms with E-state index >= 15 is 0 Å². The number of nitrogens with zero attached hydrogens (tertiary/aromatic N) is 2. The normalized spacial score (nSPS) is 12.8. The van der Waals surface area contributed by atoms with E-state index in [0.717, 1.165) is 21.2 Å². The Morgan fingerprint density at radius 2 is 1.50 bits per heavy atom. The molecule has 0 saturated carbocycles. The second kappa shape index (κ2) is 5.73. The number of aromatic nitrogens is 2. The van der Waals surface area contributed by atoms with E-state index in [0.29, 0.717) is 0 Å². The highest BCUT2D eigenvalue weighted by Crippen LogP contribution is 2.31. The topological polar surface area (TPSA) is 17.8 Å². The molecule has 2 aromatic carbocycles. The van der Waals surface area contributed by atoms with Gasteiger partial charge in [0.05, 0.1) is 11.0 Å². The third-order valence-corrected chi connectivity index (χ3v) is 4.90. The Labute approximate surface area is 153 Å². The summed E-state index contributed by atoms with van der Waals surface area (Å²) in [4.78, 5) is 4.59. The van der Waals surface area contributed by atoms with Crippen molar-refractivity contribution in [3.8, 4) is 5.69 Å². The lowest BCUT2D eigenvalue weighted by molar-refractivity contribution is 0.589. The van der Waals surface area contributed by atoms with Crippen LogP contribution in [0.1, 0.15) is 52.7 Å². The SMILES string of the molecule is CC(C)(C)c1cc(Br)cc(-n2cnc3ccc(C(C)(C)C)cc32)c1. The number of hydrogen-bond acceptors (Lipinski definition) is 1. The highest BCUT2D eigenvalue weighted by molar-refractivity contribution is 9.10. The summed E-state index contributed by atoms with van der Waals surface area (Å²) in [5.41, 5.74) is 6.18. The first-order valence-corrected chi connectivity index (χ1v) is 9.14. The molecule has 2 nitrogen and oxygen atoms in total. The summed E-state index contributed by atoms with van der Waals surface area (Å²) in [6.45, 7) is 13.4. The first kappa shape index (κ1) is 17.2. The third-order valence-electron chi connectivity index (χ3n) is 4.44. The molecule has 3 heteroatoms. The van der Waals surface area contributed by atoms with E-state index in [1.807, 2.05) is 6.33 Å². The summed E-state index contributed by atoms with van der Waals surface area (Å²) in [6, 6.07) is 13.2. The maximum Gasteiger partial charge on any atom is 0.100 e. The van der Waals surface area contributed by atoms with Gasteiger partial charge in [0, 0.05) is 10.2 Å². The van der Waals surface area contributed by atoms with Crippen LogP contribution in [0.5, 0.6) is 0 Å². The first-order valence-electron chi connectivity index (χ1n) is 8.35. The van der Waals surface area contributed by atoms with Crippen LogP contribution >= 0.6 is 15.9 Å². The zero-order valence-electron chi connectivity index (χ0n) is 15.3. The van der Waals surface area contributed by atoms with Crippen molar-refractivity contribution in [3.63, 3.8) is 0 Å². The molecule has 1 heterocycles. The Kier molecular flexibility index (Phi) is 4.11. The van der Waals surface area contributed by atoms with E-state index in [4.69, 9.17) is 0 Å². The second-order valence-corrected chi connectivity index (χ2v) is 9.43. The van der Waals surface area contributed by atoms with E-state index < -0.39 is 0 Å². The molecule has 0 aliphatic carbocycles. The summed E-state index contributed by atoms with van der Waals surface area (Å²) >= 11 is 3.67. The molecule has 0 aliphatic heterocycles. The Morgan fingerprint density at radius 1 is 0.833 bits per heavy atom. The molecule has 1 aromatic heterocycles. The fraction of sp³-hybridized carbons (Fsp3) is 0.381. The average Bonchev–Trinajstić information content (AvgIpc) is 2.87. The molecular weight excluding hydrogens is 360 g/mol. The number of halogens is 1. The standard InChI is InChI=1S/C21H25BrN2/c1-20(2,3)14-7-8-18-19(11-14)24(13-23-18)17-10-15(21(4,5)6)9-16(22)12-17/h7-13H,1-6H3. The molecule has 0 radical (unpaired) electrons. The Bertz CT molecular complexity index is 892. The van der Waals surface area contributed by atoms with Crippen LogP contribution in [-0.2, 0) is 10.8 Å². The first-order chi connectivity index (χ1) is 11.1. The number of benzene rings is 2. The maximum absolute atomic E-state index is 4.59. The van der Waals surface area contributed by atoms with Crippen molar-refractivity contribution < 1.29 is 0 Å². The van der Waals surface area contributed by atoms with Gasteiger partial charge in [-0.1, -0.05) is 63.5 Å². The van der Waals surface area contributed by atoms with Gasteiger partial charge >= 0.3 is 0 Å². The zero-order chi connectivity index (χ0) is 17.7. The highest BCUT2D eigenvalue weighted by Gasteiger charge is 2.18. The van der Waals surface area contributed by atoms with E-state index in [1.165, 1.54) is 11.1 Å². The van der Waals surface area contributed by atoms with E-state index in [1.54, 1.807) is 0 Å². The van der Waals surface area contributed by atoms with Gasteiger partial charge in [-0.05, 0) is 52.3 Å². The largest absolute Gasteiger partial charge is 0.299 e. The van der Waals surface area contributed by atoms with Crippen LogP contribution in [0.25, 0.3) is 16.7 Å². The van der Waals surface area contributed by atoms with Crippen LogP contribution in [0, 0.1) is 0 Å². The van der Waals surface area contributed by atoms with Gasteiger partial charge in [-0.25, -0.2) is 4.98 Å². The van der Waals surface area contributed by atoms with Gasteiger partial charge in [0.1, 0.15) is 6.33 Å². The fourth-order valence-electron chi connectivity index (χ4n) is 2.83. The van der Waals surface area contributed by atoms with Gasteiger partial charge in [0.2, 0.25) is 0 Å². The van der Waals surface area contributed by atoms with Crippen molar-refractivity contribution in [3.05, 3.63) is 58.3 Å². The Balaban J connectivity index is 2.21. The molecule has 0 spiro atoms. The van der Waals surface area contributed by atoms with Crippen molar-refractivity contribution in [2.75, 3.05) is 0 Å². The lowest BCUT2D eigenvalue weighted by Gasteiger charge is -2.21. The van der Waals surface area contributed by atoms with Crippen LogP contribution in [-0.4, -0.2) is 9.55 Å². The van der Waals surface area contributed by atoms with Crippen LogP contribution in [0.15, 0.2) is 47.2 Å². The maximum atomic E-state index is 4.59. The lowest BCUT2D eigenvalue weighted by atomic mass is 9.86. The molecule has 0 saturated heterocycles. The summed E-state index contributed by atoms with van der Waals surface area (Å²) < 4.78 is 3.28. The number of imidazole rings is 1. The molecule has 126 valence electrons. The van der Waals surface area contributed by atoms with Crippen LogP contribution in [0.3, 0.4) is 0 Å². The summed E-state index contributed by atoms with van der Waals surface area (Å²) in [7, 11) is 0. The van der Waals surface area contributed by atoms with Crippen molar-refractivity contribution in [1.29, 1.82) is 0 Å². The molecule has 0 N–H and O–H groups in total. The molecule has 0 atom stereocenters. The molecule has 0 aliphatic rings. The van der Waals surface area contributed by atoms with Crippen LogP contribution < -0.4 is 0 Å². The molecular formula is C21H25BrN2. The Hall–Kier alpha value is -1.61. The summed E-state index contributed by atoms with van der Waals surface area (Å²) in [5, 5.41) is 0. The van der Waals surface area contributed by atoms with Crippen molar-refractivity contribution in [1.82, 2.24) is 9.55 Å². The van der Waals surface area contributed by atoms with Crippen molar-refractivity contribution in [2.45, 2.75) is 52.4 Å². The van der Waals surface area contributed by atoms with Crippen molar-refractivity contribution >= 4 is 27.0 Å². The molecule has 3 rings (SSSR count).